The molecule has 0 bridgehead atoms. The van der Waals surface area contributed by atoms with E-state index in [0.29, 0.717) is 16.3 Å². The van der Waals surface area contributed by atoms with Gasteiger partial charge < -0.3 is 15.2 Å². The summed E-state index contributed by atoms with van der Waals surface area (Å²) < 4.78 is 5.14. The van der Waals surface area contributed by atoms with Gasteiger partial charge in [0.25, 0.3) is 0 Å². The van der Waals surface area contributed by atoms with Gasteiger partial charge in [-0.25, -0.2) is 0 Å². The molecule has 19 heavy (non-hydrogen) atoms. The molecule has 1 rings (SSSR count). The Balaban J connectivity index is 2.66. The third-order valence-corrected chi connectivity index (χ3v) is 2.72. The number of carbonyl (C=O) groups excluding carboxylic acids is 1. The van der Waals surface area contributed by atoms with Crippen LogP contribution in [0.4, 0.5) is 0 Å². The van der Waals surface area contributed by atoms with Gasteiger partial charge in [0, 0.05) is 16.6 Å². The number of hydrogen-bond donors (Lipinski definition) is 2. The number of nitrogens with one attached hydrogen (secondary N) is 1. The van der Waals surface area contributed by atoms with Crippen LogP contribution >= 0.6 is 11.6 Å². The van der Waals surface area contributed by atoms with E-state index in [0.717, 1.165) is 0 Å². The van der Waals surface area contributed by atoms with Crippen molar-refractivity contribution in [2.75, 3.05) is 7.11 Å². The van der Waals surface area contributed by atoms with E-state index in [2.05, 4.69) is 5.32 Å². The van der Waals surface area contributed by atoms with Crippen molar-refractivity contribution in [3.8, 4) is 5.75 Å². The van der Waals surface area contributed by atoms with Crippen LogP contribution in [0.1, 0.15) is 18.9 Å². The highest BCUT2D eigenvalue weighted by molar-refractivity contribution is 6.30. The molecule has 5 nitrogen and oxygen atoms in total. The number of carboxylic acids is 1. The Morgan fingerprint density at radius 2 is 2.16 bits per heavy atom. The zero-order chi connectivity index (χ0) is 14.4. The topological polar surface area (TPSA) is 75.6 Å². The van der Waals surface area contributed by atoms with E-state index in [1.165, 1.54) is 7.11 Å². The van der Waals surface area contributed by atoms with Crippen molar-refractivity contribution in [2.24, 2.45) is 0 Å². The van der Waals surface area contributed by atoms with Gasteiger partial charge in [-0.05, 0) is 25.1 Å². The summed E-state index contributed by atoms with van der Waals surface area (Å²) in [6.07, 6.45) is -0.0217. The molecule has 6 heteroatoms. The number of carbonyl (C=O) groups is 2. The summed E-state index contributed by atoms with van der Waals surface area (Å²) in [5, 5.41) is 11.7. The molecule has 1 unspecified atom stereocenters. The molecule has 0 aromatic heterocycles. The maximum atomic E-state index is 11.8. The Labute approximate surface area is 116 Å². The Bertz CT molecular complexity index is 476. The first-order chi connectivity index (χ1) is 8.92. The zero-order valence-corrected chi connectivity index (χ0v) is 11.5. The summed E-state index contributed by atoms with van der Waals surface area (Å²) in [5.74, 6) is -0.645. The van der Waals surface area contributed by atoms with Gasteiger partial charge in [0.2, 0.25) is 5.91 Å². The smallest absolute Gasteiger partial charge is 0.305 e. The van der Waals surface area contributed by atoms with Gasteiger partial charge >= 0.3 is 5.97 Å². The standard InChI is InChI=1S/C13H16ClNO4/c1-8(5-13(17)18)15-12(16)7-9-6-10(14)3-4-11(9)19-2/h3-4,6,8H,5,7H2,1-2H3,(H,15,16)(H,17,18). The molecule has 0 aliphatic rings. The number of amides is 1. The first kappa shape index (κ1) is 15.3. The minimum absolute atomic E-state index is 0.0910. The number of carboxylic acid groups (broad SMARTS) is 1. The molecule has 1 atom stereocenters. The van der Waals surface area contributed by atoms with Gasteiger partial charge in [-0.2, -0.15) is 0 Å². The van der Waals surface area contributed by atoms with Gasteiger partial charge in [0.1, 0.15) is 5.75 Å². The van der Waals surface area contributed by atoms with Crippen LogP contribution in [0.3, 0.4) is 0 Å². The molecule has 0 aliphatic heterocycles. The second kappa shape index (κ2) is 6.99. The van der Waals surface area contributed by atoms with Crippen molar-refractivity contribution in [1.82, 2.24) is 5.32 Å². The lowest BCUT2D eigenvalue weighted by atomic mass is 10.1. The molecule has 0 radical (unpaired) electrons. The molecule has 1 aromatic rings. The maximum Gasteiger partial charge on any atom is 0.305 e. The minimum atomic E-state index is -0.951. The molecule has 0 saturated heterocycles. The van der Waals surface area contributed by atoms with Gasteiger partial charge in [-0.3, -0.25) is 9.59 Å². The molecule has 0 aliphatic carbocycles. The lowest BCUT2D eigenvalue weighted by Crippen LogP contribution is -2.35. The van der Waals surface area contributed by atoms with Crippen LogP contribution < -0.4 is 10.1 Å². The third-order valence-electron chi connectivity index (χ3n) is 2.48. The van der Waals surface area contributed by atoms with Gasteiger partial charge in [-0.15, -0.1) is 0 Å². The first-order valence-corrected chi connectivity index (χ1v) is 6.13. The Kier molecular flexibility index (Phi) is 5.63. The van der Waals surface area contributed by atoms with Crippen molar-refractivity contribution < 1.29 is 19.4 Å². The van der Waals surface area contributed by atoms with Crippen LogP contribution in [-0.2, 0) is 16.0 Å². The van der Waals surface area contributed by atoms with Crippen LogP contribution in [0.2, 0.25) is 5.02 Å². The molecule has 0 spiro atoms. The number of hydrogen-bond acceptors (Lipinski definition) is 3. The summed E-state index contributed by atoms with van der Waals surface area (Å²) in [5.41, 5.74) is 0.662. The van der Waals surface area contributed by atoms with Gasteiger partial charge in [0.05, 0.1) is 20.0 Å². The third kappa shape index (κ3) is 5.18. The zero-order valence-electron chi connectivity index (χ0n) is 10.8. The lowest BCUT2D eigenvalue weighted by molar-refractivity contribution is -0.137. The Hall–Kier alpha value is -1.75. The number of methoxy groups -OCH3 is 1. The fourth-order valence-corrected chi connectivity index (χ4v) is 1.89. The van der Waals surface area contributed by atoms with Crippen LogP contribution in [0.15, 0.2) is 18.2 Å². The monoisotopic (exact) mass is 285 g/mol. The maximum absolute atomic E-state index is 11.8. The fraction of sp³-hybridized carbons (Fsp3) is 0.385. The van der Waals surface area contributed by atoms with E-state index in [4.69, 9.17) is 21.4 Å². The highest BCUT2D eigenvalue weighted by atomic mass is 35.5. The molecule has 0 saturated carbocycles. The summed E-state index contributed by atoms with van der Waals surface area (Å²) in [6.45, 7) is 1.64. The number of rotatable bonds is 6. The van der Waals surface area contributed by atoms with Crippen molar-refractivity contribution in [2.45, 2.75) is 25.8 Å². The first-order valence-electron chi connectivity index (χ1n) is 5.76. The summed E-state index contributed by atoms with van der Waals surface area (Å²) in [7, 11) is 1.51. The van der Waals surface area contributed by atoms with Crippen molar-refractivity contribution in [3.05, 3.63) is 28.8 Å². The Morgan fingerprint density at radius 1 is 1.47 bits per heavy atom. The highest BCUT2D eigenvalue weighted by Gasteiger charge is 2.13. The van der Waals surface area contributed by atoms with Gasteiger partial charge in [-0.1, -0.05) is 11.6 Å². The largest absolute Gasteiger partial charge is 0.496 e. The molecule has 104 valence electrons. The summed E-state index contributed by atoms with van der Waals surface area (Å²) in [6, 6.07) is 4.60. The molecule has 0 heterocycles. The van der Waals surface area contributed by atoms with Crippen molar-refractivity contribution in [3.63, 3.8) is 0 Å². The average Bonchev–Trinajstić information content (AvgIpc) is 2.27. The second-order valence-corrected chi connectivity index (χ2v) is 4.64. The van der Waals surface area contributed by atoms with Crippen LogP contribution in [0.5, 0.6) is 5.75 Å². The number of halogens is 1. The van der Waals surface area contributed by atoms with E-state index in [-0.39, 0.29) is 18.7 Å². The fourth-order valence-electron chi connectivity index (χ4n) is 1.70. The highest BCUT2D eigenvalue weighted by Crippen LogP contribution is 2.23. The minimum Gasteiger partial charge on any atom is -0.496 e. The quantitative estimate of drug-likeness (QED) is 0.837. The Morgan fingerprint density at radius 3 is 2.74 bits per heavy atom. The molecule has 2 N–H and O–H groups in total. The van der Waals surface area contributed by atoms with E-state index >= 15 is 0 Å². The van der Waals surface area contributed by atoms with Crippen molar-refractivity contribution in [1.29, 1.82) is 0 Å². The van der Waals surface area contributed by atoms with Crippen LogP contribution in [0, 0.1) is 0 Å². The van der Waals surface area contributed by atoms with E-state index in [9.17, 15) is 9.59 Å². The van der Waals surface area contributed by atoms with Gasteiger partial charge in [0.15, 0.2) is 0 Å². The molecule has 0 fully saturated rings. The van der Waals surface area contributed by atoms with E-state index in [1.807, 2.05) is 0 Å². The average molecular weight is 286 g/mol. The number of benzene rings is 1. The molecule has 1 aromatic carbocycles. The lowest BCUT2D eigenvalue weighted by Gasteiger charge is -2.13. The predicted octanol–water partition coefficient (Wildman–Crippen LogP) is 1.87. The SMILES string of the molecule is COc1ccc(Cl)cc1CC(=O)NC(C)CC(=O)O. The number of aliphatic carboxylic acids is 1. The van der Waals surface area contributed by atoms with E-state index < -0.39 is 12.0 Å². The molecular formula is C13H16ClNO4. The second-order valence-electron chi connectivity index (χ2n) is 4.20. The van der Waals surface area contributed by atoms with Crippen LogP contribution in [-0.4, -0.2) is 30.1 Å². The normalized spacial score (nSPS) is 11.7. The molecule has 1 amide bonds. The molecular weight excluding hydrogens is 270 g/mol. The van der Waals surface area contributed by atoms with Crippen molar-refractivity contribution >= 4 is 23.5 Å². The summed E-state index contributed by atoms with van der Waals surface area (Å²) in [4.78, 5) is 22.3. The van der Waals surface area contributed by atoms with Crippen LogP contribution in [0.25, 0.3) is 0 Å². The van der Waals surface area contributed by atoms with E-state index in [1.54, 1.807) is 25.1 Å². The predicted molar refractivity (Wildman–Crippen MR) is 71.6 cm³/mol. The summed E-state index contributed by atoms with van der Waals surface area (Å²) >= 11 is 5.87. The number of ether oxygens (including phenoxy) is 1.